The Morgan fingerprint density at radius 2 is 1.57 bits per heavy atom. The second-order valence-electron chi connectivity index (χ2n) is 8.72. The van der Waals surface area contributed by atoms with Crippen molar-refractivity contribution < 1.29 is 22.4 Å². The number of para-hydroxylation sites is 1. The van der Waals surface area contributed by atoms with Crippen molar-refractivity contribution in [3.8, 4) is 0 Å². The van der Waals surface area contributed by atoms with Crippen LogP contribution in [0.25, 0.3) is 0 Å². The molecule has 0 aliphatic heterocycles. The third-order valence-electron chi connectivity index (χ3n) is 6.04. The monoisotopic (exact) mass is 525 g/mol. The van der Waals surface area contributed by atoms with Crippen molar-refractivity contribution in [3.05, 3.63) is 95.8 Å². The van der Waals surface area contributed by atoms with Gasteiger partial charge in [0.25, 0.3) is 10.0 Å². The van der Waals surface area contributed by atoms with Crippen molar-refractivity contribution in [2.75, 3.05) is 17.4 Å². The van der Waals surface area contributed by atoms with Crippen molar-refractivity contribution in [1.29, 1.82) is 0 Å². The molecule has 1 atom stereocenters. The van der Waals surface area contributed by atoms with Gasteiger partial charge in [-0.15, -0.1) is 0 Å². The molecule has 1 N–H and O–H groups in total. The van der Waals surface area contributed by atoms with Crippen LogP contribution in [-0.2, 0) is 26.2 Å². The van der Waals surface area contributed by atoms with Gasteiger partial charge in [0.1, 0.15) is 18.4 Å². The fraction of sp³-hybridized carbons (Fsp3) is 0.286. The summed E-state index contributed by atoms with van der Waals surface area (Å²) in [5.41, 5.74) is 2.07. The summed E-state index contributed by atoms with van der Waals surface area (Å²) in [4.78, 5) is 27.9. The predicted molar refractivity (Wildman–Crippen MR) is 142 cm³/mol. The molecule has 0 unspecified atom stereocenters. The first-order valence-electron chi connectivity index (χ1n) is 12.1. The Bertz CT molecular complexity index is 1310. The minimum atomic E-state index is -4.22. The van der Waals surface area contributed by atoms with Crippen LogP contribution in [0.15, 0.2) is 83.8 Å². The van der Waals surface area contributed by atoms with Crippen LogP contribution in [0.3, 0.4) is 0 Å². The van der Waals surface area contributed by atoms with Gasteiger partial charge in [0.2, 0.25) is 11.8 Å². The Morgan fingerprint density at radius 1 is 0.946 bits per heavy atom. The number of hydrogen-bond donors (Lipinski definition) is 1. The number of aryl methyl sites for hydroxylation is 1. The molecule has 3 aromatic carbocycles. The molecule has 37 heavy (non-hydrogen) atoms. The Hall–Kier alpha value is -3.72. The summed E-state index contributed by atoms with van der Waals surface area (Å²) in [6, 6.07) is 19.3. The molecule has 0 bridgehead atoms. The number of benzene rings is 3. The number of carbonyl (C=O) groups is 2. The topological polar surface area (TPSA) is 86.8 Å². The quantitative estimate of drug-likeness (QED) is 0.405. The maximum Gasteiger partial charge on any atom is 0.264 e. The van der Waals surface area contributed by atoms with Crippen LogP contribution in [-0.4, -0.2) is 44.3 Å². The van der Waals surface area contributed by atoms with Gasteiger partial charge >= 0.3 is 0 Å². The molecule has 0 aliphatic rings. The van der Waals surface area contributed by atoms with E-state index in [0.29, 0.717) is 6.54 Å². The summed E-state index contributed by atoms with van der Waals surface area (Å²) < 4.78 is 41.7. The van der Waals surface area contributed by atoms with Gasteiger partial charge in [0.15, 0.2) is 0 Å². The number of halogens is 1. The van der Waals surface area contributed by atoms with Crippen LogP contribution >= 0.6 is 0 Å². The smallest absolute Gasteiger partial charge is 0.264 e. The van der Waals surface area contributed by atoms with Gasteiger partial charge < -0.3 is 10.2 Å². The van der Waals surface area contributed by atoms with E-state index in [1.54, 1.807) is 37.3 Å². The molecule has 3 aromatic rings. The van der Waals surface area contributed by atoms with Crippen LogP contribution in [0, 0.1) is 12.7 Å². The van der Waals surface area contributed by atoms with E-state index in [4.69, 9.17) is 0 Å². The molecule has 0 fully saturated rings. The van der Waals surface area contributed by atoms with E-state index in [2.05, 4.69) is 5.32 Å². The fourth-order valence-corrected chi connectivity index (χ4v) is 5.22. The maximum atomic E-state index is 13.8. The van der Waals surface area contributed by atoms with Gasteiger partial charge in [-0.25, -0.2) is 12.8 Å². The third-order valence-corrected chi connectivity index (χ3v) is 7.83. The lowest BCUT2D eigenvalue weighted by atomic mass is 10.1. The zero-order chi connectivity index (χ0) is 27.0. The summed E-state index contributed by atoms with van der Waals surface area (Å²) in [5.74, 6) is -1.44. The maximum absolute atomic E-state index is 13.8. The van der Waals surface area contributed by atoms with E-state index in [1.165, 1.54) is 4.90 Å². The molecule has 3 rings (SSSR count). The lowest BCUT2D eigenvalue weighted by Gasteiger charge is -2.32. The summed E-state index contributed by atoms with van der Waals surface area (Å²) in [6.07, 6.45) is 0.738. The van der Waals surface area contributed by atoms with E-state index in [0.717, 1.165) is 46.1 Å². The van der Waals surface area contributed by atoms with Crippen molar-refractivity contribution in [2.24, 2.45) is 0 Å². The molecule has 0 aliphatic carbocycles. The first-order chi connectivity index (χ1) is 17.6. The molecule has 196 valence electrons. The zero-order valence-corrected chi connectivity index (χ0v) is 22.0. The molecule has 9 heteroatoms. The Morgan fingerprint density at radius 3 is 2.19 bits per heavy atom. The molecule has 0 saturated heterocycles. The summed E-state index contributed by atoms with van der Waals surface area (Å²) in [5, 5.41) is 2.81. The van der Waals surface area contributed by atoms with Crippen LogP contribution in [0.4, 0.5) is 10.1 Å². The normalized spacial score (nSPS) is 12.0. The SMILES string of the molecule is CCCNC(=O)[C@@H](C)N(Cc1ccccc1C)C(=O)CN(c1ccccc1)S(=O)(=O)c1ccc(F)cc1. The average molecular weight is 526 g/mol. The van der Waals surface area contributed by atoms with Gasteiger partial charge in [-0.05, 0) is 67.8 Å². The Kier molecular flexibility index (Phi) is 9.41. The number of rotatable bonds is 11. The van der Waals surface area contributed by atoms with Crippen LogP contribution in [0.5, 0.6) is 0 Å². The van der Waals surface area contributed by atoms with Gasteiger partial charge in [-0.1, -0.05) is 49.4 Å². The van der Waals surface area contributed by atoms with Crippen molar-refractivity contribution >= 4 is 27.5 Å². The second kappa shape index (κ2) is 12.5. The lowest BCUT2D eigenvalue weighted by molar-refractivity contribution is -0.139. The first kappa shape index (κ1) is 27.9. The minimum Gasteiger partial charge on any atom is -0.354 e. The third kappa shape index (κ3) is 6.95. The highest BCUT2D eigenvalue weighted by Gasteiger charge is 2.32. The van der Waals surface area contributed by atoms with E-state index < -0.39 is 34.3 Å². The number of amides is 2. The standard InChI is InChI=1S/C28H32FN3O4S/c1-4-18-30-28(34)22(3)31(19-23-11-9-8-10-21(23)2)27(33)20-32(25-12-6-5-7-13-25)37(35,36)26-16-14-24(29)15-17-26/h5-17,22H,4,18-20H2,1-3H3,(H,30,34)/t22-/m1/s1. The number of anilines is 1. The summed E-state index contributed by atoms with van der Waals surface area (Å²) in [7, 11) is -4.22. The summed E-state index contributed by atoms with van der Waals surface area (Å²) in [6.45, 7) is 5.52. The van der Waals surface area contributed by atoms with Crippen molar-refractivity contribution in [3.63, 3.8) is 0 Å². The first-order valence-corrected chi connectivity index (χ1v) is 13.5. The van der Waals surface area contributed by atoms with Crippen LogP contribution in [0.1, 0.15) is 31.4 Å². The highest BCUT2D eigenvalue weighted by Crippen LogP contribution is 2.25. The number of sulfonamides is 1. The van der Waals surface area contributed by atoms with Gasteiger partial charge in [-0.3, -0.25) is 13.9 Å². The molecule has 7 nitrogen and oxygen atoms in total. The van der Waals surface area contributed by atoms with E-state index in [1.807, 2.05) is 38.1 Å². The number of nitrogens with zero attached hydrogens (tertiary/aromatic N) is 2. The van der Waals surface area contributed by atoms with Gasteiger partial charge in [-0.2, -0.15) is 0 Å². The molecular weight excluding hydrogens is 493 g/mol. The van der Waals surface area contributed by atoms with E-state index in [-0.39, 0.29) is 23.0 Å². The highest BCUT2D eigenvalue weighted by molar-refractivity contribution is 7.92. The van der Waals surface area contributed by atoms with Gasteiger partial charge in [0, 0.05) is 13.1 Å². The molecular formula is C28H32FN3O4S. The number of carbonyl (C=O) groups excluding carboxylic acids is 2. The number of hydrogen-bond acceptors (Lipinski definition) is 4. The molecule has 2 amide bonds. The lowest BCUT2D eigenvalue weighted by Crippen LogP contribution is -2.51. The fourth-order valence-electron chi connectivity index (χ4n) is 3.81. The molecule has 0 spiro atoms. The highest BCUT2D eigenvalue weighted by atomic mass is 32.2. The van der Waals surface area contributed by atoms with Crippen LogP contribution < -0.4 is 9.62 Å². The molecule has 0 saturated carbocycles. The van der Waals surface area contributed by atoms with Gasteiger partial charge in [0.05, 0.1) is 10.6 Å². The van der Waals surface area contributed by atoms with Crippen molar-refractivity contribution in [1.82, 2.24) is 10.2 Å². The number of nitrogens with one attached hydrogen (secondary N) is 1. The molecule has 0 heterocycles. The van der Waals surface area contributed by atoms with Crippen molar-refractivity contribution in [2.45, 2.75) is 44.7 Å². The Labute approximate surface area is 218 Å². The largest absolute Gasteiger partial charge is 0.354 e. The van der Waals surface area contributed by atoms with E-state index >= 15 is 0 Å². The zero-order valence-electron chi connectivity index (χ0n) is 21.2. The average Bonchev–Trinajstić information content (AvgIpc) is 2.90. The van der Waals surface area contributed by atoms with Crippen LogP contribution in [0.2, 0.25) is 0 Å². The second-order valence-corrected chi connectivity index (χ2v) is 10.6. The summed E-state index contributed by atoms with van der Waals surface area (Å²) >= 11 is 0. The minimum absolute atomic E-state index is 0.130. The Balaban J connectivity index is 2.00. The molecule has 0 aromatic heterocycles. The molecule has 0 radical (unpaired) electrons. The van der Waals surface area contributed by atoms with E-state index in [9.17, 15) is 22.4 Å². The predicted octanol–water partition coefficient (Wildman–Crippen LogP) is 4.27.